The Morgan fingerprint density at radius 1 is 0.971 bits per heavy atom. The quantitative estimate of drug-likeness (QED) is 0.407. The van der Waals surface area contributed by atoms with Crippen LogP contribution >= 0.6 is 0 Å². The number of aromatic amines is 1. The SMILES string of the molecule is COc1ccc(C(C)=O)cc1CC(=O)N(Cc1ccccc1)Cc1nc2ccccc2c(=O)[nH]1. The van der Waals surface area contributed by atoms with E-state index in [0.717, 1.165) is 5.56 Å². The van der Waals surface area contributed by atoms with Gasteiger partial charge in [0.1, 0.15) is 11.6 Å². The molecule has 1 aromatic heterocycles. The van der Waals surface area contributed by atoms with Crippen LogP contribution in [0.4, 0.5) is 0 Å². The lowest BCUT2D eigenvalue weighted by Crippen LogP contribution is -2.33. The zero-order valence-electron chi connectivity index (χ0n) is 19.1. The minimum Gasteiger partial charge on any atom is -0.496 e. The van der Waals surface area contributed by atoms with Gasteiger partial charge < -0.3 is 14.6 Å². The second-order valence-electron chi connectivity index (χ2n) is 8.02. The van der Waals surface area contributed by atoms with Gasteiger partial charge in [-0.3, -0.25) is 14.4 Å². The lowest BCUT2D eigenvalue weighted by Gasteiger charge is -2.23. The number of para-hydroxylation sites is 1. The van der Waals surface area contributed by atoms with Crippen molar-refractivity contribution in [2.24, 2.45) is 0 Å². The van der Waals surface area contributed by atoms with E-state index in [1.54, 1.807) is 41.3 Å². The number of carbonyl (C=O) groups is 2. The molecule has 0 spiro atoms. The number of amides is 1. The van der Waals surface area contributed by atoms with Crippen LogP contribution in [0.2, 0.25) is 0 Å². The van der Waals surface area contributed by atoms with Crippen molar-refractivity contribution < 1.29 is 14.3 Å². The number of ether oxygens (including phenoxy) is 1. The van der Waals surface area contributed by atoms with Crippen molar-refractivity contribution in [2.75, 3.05) is 7.11 Å². The Morgan fingerprint density at radius 2 is 1.71 bits per heavy atom. The van der Waals surface area contributed by atoms with E-state index < -0.39 is 0 Å². The molecule has 1 N–H and O–H groups in total. The van der Waals surface area contributed by atoms with Gasteiger partial charge in [-0.25, -0.2) is 4.98 Å². The Morgan fingerprint density at radius 3 is 2.44 bits per heavy atom. The first-order valence-corrected chi connectivity index (χ1v) is 10.9. The minimum absolute atomic E-state index is 0.0366. The van der Waals surface area contributed by atoms with E-state index in [4.69, 9.17) is 4.74 Å². The van der Waals surface area contributed by atoms with Crippen molar-refractivity contribution in [1.82, 2.24) is 14.9 Å². The number of H-pyrrole nitrogens is 1. The van der Waals surface area contributed by atoms with E-state index in [1.807, 2.05) is 36.4 Å². The number of nitrogens with one attached hydrogen (secondary N) is 1. The maximum Gasteiger partial charge on any atom is 0.258 e. The number of carbonyl (C=O) groups excluding carboxylic acids is 2. The highest BCUT2D eigenvalue weighted by Gasteiger charge is 2.19. The molecule has 7 nitrogen and oxygen atoms in total. The summed E-state index contributed by atoms with van der Waals surface area (Å²) in [4.78, 5) is 46.9. The molecule has 1 amide bonds. The Bertz CT molecular complexity index is 1400. The Kier molecular flexibility index (Phi) is 6.82. The van der Waals surface area contributed by atoms with Crippen LogP contribution in [-0.2, 0) is 24.3 Å². The average Bonchev–Trinajstić information content (AvgIpc) is 2.84. The van der Waals surface area contributed by atoms with Crippen molar-refractivity contribution in [1.29, 1.82) is 0 Å². The Hall–Kier alpha value is -4.26. The van der Waals surface area contributed by atoms with Crippen LogP contribution in [0, 0.1) is 0 Å². The molecule has 3 aromatic carbocycles. The van der Waals surface area contributed by atoms with Gasteiger partial charge in [0.2, 0.25) is 5.91 Å². The molecule has 0 saturated heterocycles. The first-order chi connectivity index (χ1) is 16.4. The molecule has 172 valence electrons. The zero-order valence-corrected chi connectivity index (χ0v) is 19.1. The van der Waals surface area contributed by atoms with Crippen LogP contribution in [0.25, 0.3) is 10.9 Å². The molecule has 0 aliphatic heterocycles. The molecular formula is C27H25N3O4. The van der Waals surface area contributed by atoms with E-state index in [0.29, 0.717) is 40.1 Å². The predicted octanol–water partition coefficient (Wildman–Crippen LogP) is 3.91. The van der Waals surface area contributed by atoms with Crippen LogP contribution in [0.5, 0.6) is 5.75 Å². The van der Waals surface area contributed by atoms with Gasteiger partial charge in [-0.15, -0.1) is 0 Å². The summed E-state index contributed by atoms with van der Waals surface area (Å²) in [5, 5.41) is 0.498. The zero-order chi connectivity index (χ0) is 24.1. The standard InChI is InChI=1S/C27H25N3O4/c1-18(31)20-12-13-24(34-2)21(14-20)15-26(32)30(16-19-8-4-3-5-9-19)17-25-28-23-11-7-6-10-22(23)27(33)29-25/h3-14H,15-17H2,1-2H3,(H,28,29,33). The van der Waals surface area contributed by atoms with Crippen LogP contribution in [0.1, 0.15) is 34.2 Å². The molecule has 7 heteroatoms. The third kappa shape index (κ3) is 5.20. The van der Waals surface area contributed by atoms with Crippen LogP contribution < -0.4 is 10.3 Å². The molecule has 0 aliphatic carbocycles. The number of hydrogen-bond acceptors (Lipinski definition) is 5. The van der Waals surface area contributed by atoms with Gasteiger partial charge >= 0.3 is 0 Å². The van der Waals surface area contributed by atoms with Gasteiger partial charge in [-0.2, -0.15) is 0 Å². The second kappa shape index (κ2) is 10.1. The summed E-state index contributed by atoms with van der Waals surface area (Å²) in [6.07, 6.45) is 0.0366. The molecule has 1 heterocycles. The van der Waals surface area contributed by atoms with Crippen molar-refractivity contribution in [3.63, 3.8) is 0 Å². The molecular weight excluding hydrogens is 430 g/mol. The summed E-state index contributed by atoms with van der Waals surface area (Å²) < 4.78 is 5.42. The van der Waals surface area contributed by atoms with Gasteiger partial charge in [-0.05, 0) is 42.8 Å². The fourth-order valence-electron chi connectivity index (χ4n) is 3.84. The number of fused-ring (bicyclic) bond motifs is 1. The van der Waals surface area contributed by atoms with E-state index in [2.05, 4.69) is 9.97 Å². The minimum atomic E-state index is -0.247. The Balaban J connectivity index is 1.66. The van der Waals surface area contributed by atoms with E-state index in [9.17, 15) is 14.4 Å². The molecule has 0 aliphatic rings. The number of methoxy groups -OCH3 is 1. The average molecular weight is 456 g/mol. The Labute approximate surface area is 197 Å². The fourth-order valence-corrected chi connectivity index (χ4v) is 3.84. The topological polar surface area (TPSA) is 92.4 Å². The maximum atomic E-state index is 13.5. The molecule has 4 aromatic rings. The highest BCUT2D eigenvalue weighted by atomic mass is 16.5. The normalized spacial score (nSPS) is 10.8. The number of Topliss-reactive ketones (excluding diaryl/α,β-unsaturated/α-hetero) is 1. The predicted molar refractivity (Wildman–Crippen MR) is 130 cm³/mol. The highest BCUT2D eigenvalue weighted by molar-refractivity contribution is 5.94. The van der Waals surface area contributed by atoms with Crippen LogP contribution in [0.15, 0.2) is 77.6 Å². The van der Waals surface area contributed by atoms with Gasteiger partial charge in [0, 0.05) is 17.7 Å². The van der Waals surface area contributed by atoms with Crippen LogP contribution in [-0.4, -0.2) is 33.7 Å². The molecule has 4 rings (SSSR count). The monoisotopic (exact) mass is 455 g/mol. The highest BCUT2D eigenvalue weighted by Crippen LogP contribution is 2.22. The molecule has 0 bridgehead atoms. The van der Waals surface area contributed by atoms with Gasteiger partial charge in [0.25, 0.3) is 5.56 Å². The lowest BCUT2D eigenvalue weighted by atomic mass is 10.0. The van der Waals surface area contributed by atoms with Crippen molar-refractivity contribution in [2.45, 2.75) is 26.4 Å². The third-order valence-electron chi connectivity index (χ3n) is 5.60. The summed E-state index contributed by atoms with van der Waals surface area (Å²) in [6.45, 7) is 1.95. The van der Waals surface area contributed by atoms with E-state index in [-0.39, 0.29) is 30.2 Å². The first-order valence-electron chi connectivity index (χ1n) is 10.9. The molecule has 0 fully saturated rings. The maximum absolute atomic E-state index is 13.5. The van der Waals surface area contributed by atoms with Gasteiger partial charge in [0.15, 0.2) is 5.78 Å². The largest absolute Gasteiger partial charge is 0.496 e. The van der Waals surface area contributed by atoms with Gasteiger partial charge in [-0.1, -0.05) is 42.5 Å². The lowest BCUT2D eigenvalue weighted by molar-refractivity contribution is -0.131. The van der Waals surface area contributed by atoms with Gasteiger partial charge in [0.05, 0.1) is 31.0 Å². The number of nitrogens with zero attached hydrogens (tertiary/aromatic N) is 2. The summed E-state index contributed by atoms with van der Waals surface area (Å²) in [5.74, 6) is 0.668. The number of hydrogen-bond donors (Lipinski definition) is 1. The number of rotatable bonds is 8. The smallest absolute Gasteiger partial charge is 0.258 e. The summed E-state index contributed by atoms with van der Waals surface area (Å²) >= 11 is 0. The summed E-state index contributed by atoms with van der Waals surface area (Å²) in [6, 6.07) is 21.8. The first kappa shape index (κ1) is 22.9. The van der Waals surface area contributed by atoms with E-state index in [1.165, 1.54) is 14.0 Å². The summed E-state index contributed by atoms with van der Waals surface area (Å²) in [5.41, 5.74) is 2.41. The molecule has 34 heavy (non-hydrogen) atoms. The van der Waals surface area contributed by atoms with E-state index >= 15 is 0 Å². The molecule has 0 unspecified atom stereocenters. The van der Waals surface area contributed by atoms with Crippen molar-refractivity contribution in [3.05, 3.63) is 106 Å². The molecule has 0 radical (unpaired) electrons. The third-order valence-corrected chi connectivity index (χ3v) is 5.60. The van der Waals surface area contributed by atoms with Crippen molar-refractivity contribution in [3.8, 4) is 5.75 Å². The van der Waals surface area contributed by atoms with Crippen LogP contribution in [0.3, 0.4) is 0 Å². The number of ketones is 1. The van der Waals surface area contributed by atoms with Crippen molar-refractivity contribution >= 4 is 22.6 Å². The summed E-state index contributed by atoms with van der Waals surface area (Å²) in [7, 11) is 1.53. The molecule has 0 saturated carbocycles. The second-order valence-corrected chi connectivity index (χ2v) is 8.02. The number of aromatic nitrogens is 2. The molecule has 0 atom stereocenters. The number of benzene rings is 3. The fraction of sp³-hybridized carbons (Fsp3) is 0.185.